The molecule has 2 amide bonds. The molecule has 194 valence electrons. The topological polar surface area (TPSA) is 162 Å². The largest absolute Gasteiger partial charge is 0.504 e. The second kappa shape index (κ2) is 11.6. The molecule has 0 fully saturated rings. The predicted molar refractivity (Wildman–Crippen MR) is 136 cm³/mol. The number of nitrogens with zero attached hydrogens (tertiary/aromatic N) is 2. The molecule has 1 aliphatic rings. The van der Waals surface area contributed by atoms with Gasteiger partial charge in [-0.15, -0.1) is 0 Å². The Labute approximate surface area is 216 Å². The van der Waals surface area contributed by atoms with E-state index in [9.17, 15) is 24.8 Å². The summed E-state index contributed by atoms with van der Waals surface area (Å²) in [6.45, 7) is 1.89. The summed E-state index contributed by atoms with van der Waals surface area (Å²) in [5, 5.41) is 28.0. The maximum atomic E-state index is 13.0. The highest BCUT2D eigenvalue weighted by atomic mass is 16.7. The summed E-state index contributed by atoms with van der Waals surface area (Å²) in [7, 11) is 0. The Morgan fingerprint density at radius 2 is 1.89 bits per heavy atom. The molecule has 0 aliphatic carbocycles. The minimum atomic E-state index is -0.793. The Kier molecular flexibility index (Phi) is 7.82. The second-order valence-electron chi connectivity index (χ2n) is 7.76. The third-order valence-corrected chi connectivity index (χ3v) is 5.21. The summed E-state index contributed by atoms with van der Waals surface area (Å²) in [4.78, 5) is 36.4. The number of fused-ring (bicyclic) bond motifs is 1. The van der Waals surface area contributed by atoms with Crippen LogP contribution in [0.3, 0.4) is 0 Å². The molecule has 12 nitrogen and oxygen atoms in total. The van der Waals surface area contributed by atoms with E-state index in [2.05, 4.69) is 15.8 Å². The normalized spacial score (nSPS) is 12.3. The number of aromatic hydroxyl groups is 1. The highest BCUT2D eigenvalue weighted by Gasteiger charge is 2.18. The molecule has 3 aromatic rings. The summed E-state index contributed by atoms with van der Waals surface area (Å²) < 4.78 is 15.9. The Balaban J connectivity index is 1.59. The van der Waals surface area contributed by atoms with Crippen molar-refractivity contribution in [1.29, 1.82) is 0 Å². The molecule has 0 saturated carbocycles. The van der Waals surface area contributed by atoms with Crippen LogP contribution in [0.4, 0.5) is 5.69 Å². The minimum Gasteiger partial charge on any atom is -0.504 e. The fraction of sp³-hybridized carbons (Fsp3) is 0.115. The van der Waals surface area contributed by atoms with Crippen LogP contribution in [0.1, 0.15) is 28.4 Å². The van der Waals surface area contributed by atoms with E-state index in [1.165, 1.54) is 6.08 Å². The van der Waals surface area contributed by atoms with Gasteiger partial charge in [0.25, 0.3) is 17.5 Å². The molecule has 3 aromatic carbocycles. The fourth-order valence-electron chi connectivity index (χ4n) is 3.42. The van der Waals surface area contributed by atoms with Crippen molar-refractivity contribution in [3.63, 3.8) is 0 Å². The first kappa shape index (κ1) is 25.7. The molecule has 3 N–H and O–H groups in total. The van der Waals surface area contributed by atoms with Crippen LogP contribution >= 0.6 is 0 Å². The lowest BCUT2D eigenvalue weighted by molar-refractivity contribution is -0.385. The van der Waals surface area contributed by atoms with E-state index in [0.717, 1.165) is 18.3 Å². The molecule has 0 spiro atoms. The number of hydrogen-bond donors (Lipinski definition) is 3. The second-order valence-corrected chi connectivity index (χ2v) is 7.76. The summed E-state index contributed by atoms with van der Waals surface area (Å²) in [5.41, 5.74) is 2.58. The predicted octanol–water partition coefficient (Wildman–Crippen LogP) is 3.35. The van der Waals surface area contributed by atoms with E-state index in [0.29, 0.717) is 22.6 Å². The van der Waals surface area contributed by atoms with E-state index in [1.54, 1.807) is 55.5 Å². The van der Waals surface area contributed by atoms with E-state index in [1.807, 2.05) is 0 Å². The van der Waals surface area contributed by atoms with Gasteiger partial charge in [-0.05, 0) is 42.8 Å². The number of nitro groups is 1. The maximum absolute atomic E-state index is 13.0. The van der Waals surface area contributed by atoms with E-state index in [-0.39, 0.29) is 41.8 Å². The summed E-state index contributed by atoms with van der Waals surface area (Å²) in [6, 6.07) is 15.4. The van der Waals surface area contributed by atoms with Crippen molar-refractivity contribution in [3.8, 4) is 23.0 Å². The van der Waals surface area contributed by atoms with Gasteiger partial charge in [-0.1, -0.05) is 24.3 Å². The van der Waals surface area contributed by atoms with Gasteiger partial charge in [-0.3, -0.25) is 19.7 Å². The van der Waals surface area contributed by atoms with Gasteiger partial charge >= 0.3 is 0 Å². The quantitative estimate of drug-likeness (QED) is 0.168. The zero-order chi connectivity index (χ0) is 27.1. The van der Waals surface area contributed by atoms with Crippen LogP contribution in [0.15, 0.2) is 71.5 Å². The lowest BCUT2D eigenvalue weighted by atomic mass is 10.1. The van der Waals surface area contributed by atoms with E-state index >= 15 is 0 Å². The highest BCUT2D eigenvalue weighted by molar-refractivity contribution is 6.05. The maximum Gasteiger partial charge on any atom is 0.287 e. The fourth-order valence-corrected chi connectivity index (χ4v) is 3.42. The van der Waals surface area contributed by atoms with E-state index in [4.69, 9.17) is 14.2 Å². The average Bonchev–Trinajstić information content (AvgIpc) is 3.38. The number of phenolic OH excluding ortho intramolecular Hbond substituents is 1. The molecule has 1 heterocycles. The molecule has 0 radical (unpaired) electrons. The summed E-state index contributed by atoms with van der Waals surface area (Å²) in [6.07, 6.45) is 2.45. The van der Waals surface area contributed by atoms with Crippen molar-refractivity contribution in [2.45, 2.75) is 6.92 Å². The zero-order valence-electron chi connectivity index (χ0n) is 20.0. The van der Waals surface area contributed by atoms with Crippen LogP contribution in [-0.2, 0) is 4.79 Å². The molecular weight excluding hydrogens is 496 g/mol. The number of hydrogen-bond acceptors (Lipinski definition) is 9. The first-order valence-electron chi connectivity index (χ1n) is 11.3. The Morgan fingerprint density at radius 3 is 2.63 bits per heavy atom. The van der Waals surface area contributed by atoms with Crippen molar-refractivity contribution in [3.05, 3.63) is 93.2 Å². The van der Waals surface area contributed by atoms with Gasteiger partial charge in [-0.25, -0.2) is 5.43 Å². The van der Waals surface area contributed by atoms with Crippen LogP contribution in [0.2, 0.25) is 0 Å². The lowest BCUT2D eigenvalue weighted by Crippen LogP contribution is -2.32. The number of benzene rings is 3. The third kappa shape index (κ3) is 6.05. The van der Waals surface area contributed by atoms with Gasteiger partial charge in [-0.2, -0.15) is 5.10 Å². The van der Waals surface area contributed by atoms with Gasteiger partial charge in [0, 0.05) is 17.2 Å². The molecule has 1 aliphatic heterocycles. The molecule has 4 rings (SSSR count). The number of nitro benzene ring substituents is 1. The minimum absolute atomic E-state index is 0.0578. The molecule has 0 atom stereocenters. The van der Waals surface area contributed by atoms with Crippen LogP contribution < -0.4 is 25.0 Å². The first-order valence-corrected chi connectivity index (χ1v) is 11.3. The summed E-state index contributed by atoms with van der Waals surface area (Å²) in [5.74, 6) is -0.782. The Hall–Kier alpha value is -5.39. The molecule has 12 heteroatoms. The number of non-ortho nitro benzene ring substituents is 1. The number of rotatable bonds is 9. The number of nitrogens with one attached hydrogen (secondary N) is 2. The number of hydrazone groups is 1. The number of amides is 2. The summed E-state index contributed by atoms with van der Waals surface area (Å²) >= 11 is 0. The monoisotopic (exact) mass is 518 g/mol. The van der Waals surface area contributed by atoms with Crippen LogP contribution in [0, 0.1) is 10.1 Å². The van der Waals surface area contributed by atoms with Crippen molar-refractivity contribution in [1.82, 2.24) is 10.7 Å². The Bertz CT molecular complexity index is 1440. The number of carbonyl (C=O) groups excluding carboxylic acids is 2. The lowest BCUT2D eigenvalue weighted by Gasteiger charge is -2.10. The van der Waals surface area contributed by atoms with Gasteiger partial charge in [0.2, 0.25) is 6.79 Å². The third-order valence-electron chi connectivity index (χ3n) is 5.21. The highest BCUT2D eigenvalue weighted by Crippen LogP contribution is 2.34. The van der Waals surface area contributed by atoms with Crippen molar-refractivity contribution in [2.24, 2.45) is 5.10 Å². The SMILES string of the molecule is CCOc1cc([N+](=O)[O-])cc(/C=N/NC(=O)/C(=C\c2ccc3c(c2)OCO3)NC(=O)c2ccccc2)c1O. The van der Waals surface area contributed by atoms with Gasteiger partial charge in [0.1, 0.15) is 5.70 Å². The molecule has 0 unspecified atom stereocenters. The molecule has 38 heavy (non-hydrogen) atoms. The molecular formula is C26H22N4O8. The number of phenols is 1. The van der Waals surface area contributed by atoms with Crippen LogP contribution in [-0.4, -0.2) is 41.5 Å². The number of carbonyl (C=O) groups is 2. The van der Waals surface area contributed by atoms with Crippen molar-refractivity contribution < 1.29 is 33.8 Å². The van der Waals surface area contributed by atoms with Crippen molar-refractivity contribution >= 4 is 29.8 Å². The Morgan fingerprint density at radius 1 is 1.13 bits per heavy atom. The standard InChI is InChI=1S/C26H22N4O8/c1-2-36-23-13-19(30(34)35)12-18(24(23)31)14-27-29-26(33)20(28-25(32)17-6-4-3-5-7-17)10-16-8-9-21-22(11-16)38-15-37-21/h3-14,31H,2,15H2,1H3,(H,28,32)(H,29,33)/b20-10+,27-14+. The number of ether oxygens (including phenoxy) is 3. The van der Waals surface area contributed by atoms with Crippen molar-refractivity contribution in [2.75, 3.05) is 13.4 Å². The first-order chi connectivity index (χ1) is 18.4. The van der Waals surface area contributed by atoms with Crippen LogP contribution in [0.25, 0.3) is 6.08 Å². The van der Waals surface area contributed by atoms with Crippen LogP contribution in [0.5, 0.6) is 23.0 Å². The average molecular weight is 518 g/mol. The van der Waals surface area contributed by atoms with E-state index < -0.39 is 16.7 Å². The molecule has 0 saturated heterocycles. The smallest absolute Gasteiger partial charge is 0.287 e. The zero-order valence-corrected chi connectivity index (χ0v) is 20.0. The molecule has 0 aromatic heterocycles. The molecule has 0 bridgehead atoms. The van der Waals surface area contributed by atoms with Gasteiger partial charge in [0.15, 0.2) is 23.0 Å². The van der Waals surface area contributed by atoms with Gasteiger partial charge < -0.3 is 24.6 Å². The van der Waals surface area contributed by atoms with Gasteiger partial charge in [0.05, 0.1) is 23.8 Å².